The Bertz CT molecular complexity index is 1650. The van der Waals surface area contributed by atoms with Crippen molar-refractivity contribution in [2.24, 2.45) is 5.92 Å². The van der Waals surface area contributed by atoms with Crippen LogP contribution in [0.25, 0.3) is 23.3 Å². The molecular weight excluding hydrogens is 699 g/mol. The van der Waals surface area contributed by atoms with Gasteiger partial charge in [-0.25, -0.2) is 0 Å². The molecule has 1 fully saturated rings. The van der Waals surface area contributed by atoms with Crippen molar-refractivity contribution in [3.05, 3.63) is 99.6 Å². The molecule has 0 N–H and O–H groups in total. The molecule has 3 atom stereocenters. The van der Waals surface area contributed by atoms with Crippen LogP contribution in [0.5, 0.6) is 0 Å². The normalized spacial score (nSPS) is 21.7. The first-order chi connectivity index (χ1) is 21.3. The van der Waals surface area contributed by atoms with Gasteiger partial charge in [-0.2, -0.15) is 0 Å². The molecule has 3 aromatic carbocycles. The molecule has 0 aromatic heterocycles. The van der Waals surface area contributed by atoms with Crippen molar-refractivity contribution in [1.82, 2.24) is 0 Å². The van der Waals surface area contributed by atoms with E-state index in [1.54, 1.807) is 5.57 Å². The number of benzene rings is 3. The standard InChI is InChI=1S/C20H23Si.C18H23.C2H7Si.2ClH.Zr/c1-5-15-13-17-7-6-8-19(20(17)14-15)16-9-11-18(12-10-16)21(2,3)4;1-3-13(2)17-10-6-9-15-11-16(12-18(15)17)14-7-4-5-8-14;1-3-2;;;/h6-14H,5H2,1-4H3;6,9-14H,3-5,7-8H2,1-2H3;3H,1-2H3;2*1H;/q;;;;;+2/p-2. The Balaban J connectivity index is 1.56. The van der Waals surface area contributed by atoms with Gasteiger partial charge in [0, 0.05) is 0 Å². The second-order valence-corrected chi connectivity index (χ2v) is 63.3. The Morgan fingerprint density at radius 2 is 1.44 bits per heavy atom. The van der Waals surface area contributed by atoms with Crippen molar-refractivity contribution < 1.29 is 15.6 Å². The summed E-state index contributed by atoms with van der Waals surface area (Å²) in [6.07, 6.45) is 12.5. The summed E-state index contributed by atoms with van der Waals surface area (Å²) in [4.78, 5) is 0. The summed E-state index contributed by atoms with van der Waals surface area (Å²) in [5, 5.41) is 1.51. The van der Waals surface area contributed by atoms with Crippen molar-refractivity contribution in [1.29, 1.82) is 0 Å². The average molecular weight is 752 g/mol. The third-order valence-corrected chi connectivity index (χ3v) is 65.7. The molecule has 3 aromatic rings. The van der Waals surface area contributed by atoms with E-state index >= 15 is 0 Å². The van der Waals surface area contributed by atoms with Crippen LogP contribution in [-0.2, 0) is 15.6 Å². The zero-order valence-corrected chi connectivity index (χ0v) is 34.9. The van der Waals surface area contributed by atoms with Gasteiger partial charge >= 0.3 is 286 Å². The quantitative estimate of drug-likeness (QED) is 0.191. The molecule has 0 amide bonds. The van der Waals surface area contributed by atoms with Crippen molar-refractivity contribution in [2.75, 3.05) is 0 Å². The molecule has 1 saturated carbocycles. The van der Waals surface area contributed by atoms with E-state index < -0.39 is 29.6 Å². The average Bonchev–Trinajstić information content (AvgIpc) is 3.77. The van der Waals surface area contributed by atoms with Gasteiger partial charge in [-0.1, -0.05) is 0 Å². The van der Waals surface area contributed by atoms with Crippen molar-refractivity contribution in [3.8, 4) is 11.1 Å². The van der Waals surface area contributed by atoms with Crippen LogP contribution in [0.3, 0.4) is 0 Å². The zero-order chi connectivity index (χ0) is 32.3. The molecular formula is C40H53Cl2Si2Zr. The maximum absolute atomic E-state index is 8.74. The first-order valence-electron chi connectivity index (χ1n) is 17.7. The Kier molecular flexibility index (Phi) is 9.41. The van der Waals surface area contributed by atoms with Gasteiger partial charge in [-0.3, -0.25) is 0 Å². The molecule has 0 aliphatic heterocycles. The Labute approximate surface area is 283 Å². The van der Waals surface area contributed by atoms with Gasteiger partial charge in [0.1, 0.15) is 0 Å². The summed E-state index contributed by atoms with van der Waals surface area (Å²) >= 11 is -4.76. The van der Waals surface area contributed by atoms with Crippen molar-refractivity contribution in [2.45, 2.75) is 105 Å². The van der Waals surface area contributed by atoms with Crippen LogP contribution in [0.1, 0.15) is 100 Å². The topological polar surface area (TPSA) is 0 Å². The number of fused-ring (bicyclic) bond motifs is 2. The molecule has 0 bridgehead atoms. The van der Waals surface area contributed by atoms with Gasteiger partial charge < -0.3 is 0 Å². The Morgan fingerprint density at radius 1 is 0.822 bits per heavy atom. The SMILES string of the molecule is CCC1=Cc2c(-c3ccc([Si](C)(C)C)cc3)cccc2[CH]1[Zr]([Cl])([Cl])([CH]1C(C2CCCC2)=Cc2c(C(C)CC)cccc21)[SiH](C)C. The number of allylic oxidation sites excluding steroid dienone is 2. The van der Waals surface area contributed by atoms with E-state index in [2.05, 4.69) is 126 Å². The molecule has 0 saturated heterocycles. The predicted octanol–water partition coefficient (Wildman–Crippen LogP) is 12.6. The molecule has 45 heavy (non-hydrogen) atoms. The summed E-state index contributed by atoms with van der Waals surface area (Å²) in [5.74, 6) is -0.441. The summed E-state index contributed by atoms with van der Waals surface area (Å²) in [6.45, 7) is 19.3. The maximum atomic E-state index is 8.74. The minimum atomic E-state index is -4.76. The van der Waals surface area contributed by atoms with Gasteiger partial charge in [-0.15, -0.1) is 0 Å². The fourth-order valence-electron chi connectivity index (χ4n) is 8.98. The molecule has 5 heteroatoms. The second-order valence-electron chi connectivity index (χ2n) is 15.7. The number of halogens is 2. The molecule has 3 unspecified atom stereocenters. The van der Waals surface area contributed by atoms with Crippen molar-refractivity contribution >= 4 is 48.4 Å². The number of hydrogen-bond acceptors (Lipinski definition) is 0. The van der Waals surface area contributed by atoms with Crippen molar-refractivity contribution in [3.63, 3.8) is 0 Å². The summed E-state index contributed by atoms with van der Waals surface area (Å²) in [6, 6.07) is 23.5. The van der Waals surface area contributed by atoms with Gasteiger partial charge in [0.15, 0.2) is 0 Å². The third kappa shape index (κ3) is 5.57. The van der Waals surface area contributed by atoms with Gasteiger partial charge in [0.05, 0.1) is 0 Å². The summed E-state index contributed by atoms with van der Waals surface area (Å²) < 4.78 is 0.366. The first kappa shape index (κ1) is 33.9. The van der Waals surface area contributed by atoms with E-state index in [0.29, 0.717) is 11.8 Å². The van der Waals surface area contributed by atoms with E-state index in [-0.39, 0.29) is 7.25 Å². The van der Waals surface area contributed by atoms with Crippen LogP contribution < -0.4 is 5.19 Å². The molecule has 0 radical (unpaired) electrons. The second kappa shape index (κ2) is 12.5. The third-order valence-electron chi connectivity index (χ3n) is 11.9. The minimum absolute atomic E-state index is 0.163. The van der Waals surface area contributed by atoms with Crippen LogP contribution in [0.4, 0.5) is 0 Å². The van der Waals surface area contributed by atoms with Gasteiger partial charge in [0.25, 0.3) is 0 Å². The van der Waals surface area contributed by atoms with Gasteiger partial charge in [0.2, 0.25) is 0 Å². The molecule has 0 nitrogen and oxygen atoms in total. The fourth-order valence-corrected chi connectivity index (χ4v) is 41.6. The summed E-state index contributed by atoms with van der Waals surface area (Å²) in [5.41, 5.74) is 12.9. The Hall–Kier alpha value is -0.963. The molecule has 0 spiro atoms. The van der Waals surface area contributed by atoms with E-state index in [4.69, 9.17) is 17.0 Å². The van der Waals surface area contributed by atoms with Gasteiger partial charge in [-0.05, 0) is 0 Å². The van der Waals surface area contributed by atoms with E-state index in [1.165, 1.54) is 75.4 Å². The predicted molar refractivity (Wildman–Crippen MR) is 204 cm³/mol. The molecule has 6 rings (SSSR count). The van der Waals surface area contributed by atoms with E-state index in [9.17, 15) is 0 Å². The summed E-state index contributed by atoms with van der Waals surface area (Å²) in [7, 11) is 16.1. The van der Waals surface area contributed by atoms with Crippen LogP contribution in [-0.4, -0.2) is 14.0 Å². The van der Waals surface area contributed by atoms with Crippen LogP contribution in [0, 0.1) is 5.92 Å². The Morgan fingerprint density at radius 3 is 2.02 bits per heavy atom. The first-order valence-corrected chi connectivity index (χ1v) is 37.5. The van der Waals surface area contributed by atoms with Crippen LogP contribution >= 0.6 is 17.0 Å². The number of rotatable bonds is 9. The van der Waals surface area contributed by atoms with Crippen LogP contribution in [0.15, 0.2) is 71.8 Å². The van der Waals surface area contributed by atoms with Crippen LogP contribution in [0.2, 0.25) is 32.7 Å². The molecule has 3 aliphatic carbocycles. The fraction of sp³-hybridized carbons (Fsp3) is 0.450. The molecule has 239 valence electrons. The number of hydrogen-bond donors (Lipinski definition) is 0. The van der Waals surface area contributed by atoms with E-state index in [1.807, 2.05) is 0 Å². The molecule has 3 aliphatic rings. The monoisotopic (exact) mass is 749 g/mol. The molecule has 0 heterocycles. The zero-order valence-electron chi connectivity index (χ0n) is 28.8. The van der Waals surface area contributed by atoms with E-state index in [0.717, 1.165) is 12.8 Å².